The Hall–Kier alpha value is -2.08. The Morgan fingerprint density at radius 3 is 2.30 bits per heavy atom. The second-order valence-electron chi connectivity index (χ2n) is 7.03. The third-order valence-electron chi connectivity index (χ3n) is 4.83. The maximum Gasteiger partial charge on any atom is 0.125 e. The quantitative estimate of drug-likeness (QED) is 0.843. The molecule has 2 atom stereocenters. The number of nitrogens with one attached hydrogen (secondary N) is 1. The first-order valence-corrected chi connectivity index (χ1v) is 9.74. The summed E-state index contributed by atoms with van der Waals surface area (Å²) in [6.07, 6.45) is 2.12. The van der Waals surface area contributed by atoms with Crippen LogP contribution in [0.5, 0.6) is 11.5 Å². The van der Waals surface area contributed by atoms with E-state index in [4.69, 9.17) is 18.9 Å². The number of aryl methyl sites for hydroxylation is 1. The molecule has 1 N–H and O–H groups in total. The van der Waals surface area contributed by atoms with Crippen LogP contribution >= 0.6 is 0 Å². The van der Waals surface area contributed by atoms with Gasteiger partial charge in [-0.3, -0.25) is 0 Å². The molecule has 0 amide bonds. The highest BCUT2D eigenvalue weighted by atomic mass is 16.6. The van der Waals surface area contributed by atoms with Gasteiger partial charge in [0, 0.05) is 12.1 Å². The number of fused-ring (bicyclic) bond motifs is 2. The lowest BCUT2D eigenvalue weighted by Gasteiger charge is -2.21. The summed E-state index contributed by atoms with van der Waals surface area (Å²) >= 11 is 0. The van der Waals surface area contributed by atoms with Crippen LogP contribution in [0, 0.1) is 0 Å². The van der Waals surface area contributed by atoms with Crippen molar-refractivity contribution in [2.24, 2.45) is 0 Å². The molecule has 0 aromatic heterocycles. The second kappa shape index (κ2) is 9.22. The van der Waals surface area contributed by atoms with Crippen LogP contribution in [0.2, 0.25) is 0 Å². The normalized spacial score (nSPS) is 23.1. The van der Waals surface area contributed by atoms with E-state index in [1.54, 1.807) is 0 Å². The molecular formula is C22H27NO4. The molecule has 1 saturated heterocycles. The lowest BCUT2D eigenvalue weighted by atomic mass is 10.1. The van der Waals surface area contributed by atoms with Gasteiger partial charge in [0.1, 0.15) is 36.9 Å². The maximum atomic E-state index is 6.12. The molecule has 2 unspecified atom stereocenters. The molecule has 27 heavy (non-hydrogen) atoms. The van der Waals surface area contributed by atoms with Crippen molar-refractivity contribution in [2.45, 2.75) is 31.6 Å². The lowest BCUT2D eigenvalue weighted by Crippen LogP contribution is -2.30. The van der Waals surface area contributed by atoms with E-state index in [-0.39, 0.29) is 12.2 Å². The second-order valence-corrected chi connectivity index (χ2v) is 7.03. The van der Waals surface area contributed by atoms with Gasteiger partial charge < -0.3 is 24.3 Å². The Labute approximate surface area is 160 Å². The summed E-state index contributed by atoms with van der Waals surface area (Å²) in [7, 11) is 0. The molecule has 1 fully saturated rings. The number of rotatable bonds is 3. The summed E-state index contributed by atoms with van der Waals surface area (Å²) in [5.41, 5.74) is 2.40. The number of hydrogen-bond acceptors (Lipinski definition) is 5. The molecular weight excluding hydrogens is 342 g/mol. The minimum absolute atomic E-state index is 0.147. The highest BCUT2D eigenvalue weighted by molar-refractivity contribution is 5.34. The first-order valence-electron chi connectivity index (χ1n) is 9.74. The van der Waals surface area contributed by atoms with E-state index in [9.17, 15) is 0 Å². The monoisotopic (exact) mass is 369 g/mol. The summed E-state index contributed by atoms with van der Waals surface area (Å²) in [6, 6.07) is 16.4. The van der Waals surface area contributed by atoms with Crippen molar-refractivity contribution >= 4 is 0 Å². The molecule has 2 heterocycles. The maximum absolute atomic E-state index is 6.12. The van der Waals surface area contributed by atoms with Gasteiger partial charge >= 0.3 is 0 Å². The fraction of sp³-hybridized carbons (Fsp3) is 0.455. The zero-order chi connectivity index (χ0) is 18.3. The van der Waals surface area contributed by atoms with E-state index >= 15 is 0 Å². The predicted octanol–water partition coefficient (Wildman–Crippen LogP) is 2.96. The Morgan fingerprint density at radius 2 is 1.56 bits per heavy atom. The molecule has 2 aliphatic rings. The van der Waals surface area contributed by atoms with E-state index in [0.717, 1.165) is 44.0 Å². The molecule has 0 bridgehead atoms. The summed E-state index contributed by atoms with van der Waals surface area (Å²) < 4.78 is 23.5. The van der Waals surface area contributed by atoms with Crippen LogP contribution in [0.3, 0.4) is 0 Å². The molecule has 144 valence electrons. The zero-order valence-electron chi connectivity index (χ0n) is 15.6. The van der Waals surface area contributed by atoms with E-state index in [0.29, 0.717) is 19.8 Å². The first-order chi connectivity index (χ1) is 13.4. The minimum atomic E-state index is -0.147. The Bertz CT molecular complexity index is 678. The predicted molar refractivity (Wildman–Crippen MR) is 103 cm³/mol. The zero-order valence-corrected chi connectivity index (χ0v) is 15.6. The number of hydrogen-bond donors (Lipinski definition) is 1. The standard InChI is InChI=1S/C22H27NO4/c1-3-9-21-17(6-1)8-5-11-23-12-18-7-2-4-10-22(18)27-16-20(15-26-21)25-14-19-13-24-19/h1-4,6-7,9-10,19-20,23H,5,8,11-16H2. The van der Waals surface area contributed by atoms with Crippen LogP contribution < -0.4 is 14.8 Å². The molecule has 5 heteroatoms. The Balaban J connectivity index is 1.48. The average Bonchev–Trinajstić information content (AvgIpc) is 3.53. The van der Waals surface area contributed by atoms with Crippen molar-refractivity contribution in [1.29, 1.82) is 0 Å². The van der Waals surface area contributed by atoms with Crippen LogP contribution in [0.25, 0.3) is 0 Å². The molecule has 0 spiro atoms. The van der Waals surface area contributed by atoms with Crippen molar-refractivity contribution in [3.05, 3.63) is 59.7 Å². The van der Waals surface area contributed by atoms with E-state index in [2.05, 4.69) is 23.5 Å². The first kappa shape index (κ1) is 18.3. The largest absolute Gasteiger partial charge is 0.490 e. The summed E-state index contributed by atoms with van der Waals surface area (Å²) in [5.74, 6) is 1.84. The number of ether oxygens (including phenoxy) is 4. The molecule has 0 saturated carbocycles. The van der Waals surface area contributed by atoms with Gasteiger partial charge in [-0.15, -0.1) is 0 Å². The van der Waals surface area contributed by atoms with Gasteiger partial charge in [0.15, 0.2) is 0 Å². The van der Waals surface area contributed by atoms with E-state index in [1.165, 1.54) is 11.1 Å². The van der Waals surface area contributed by atoms with Crippen LogP contribution in [-0.4, -0.2) is 45.2 Å². The van der Waals surface area contributed by atoms with Gasteiger partial charge in [0.05, 0.1) is 13.2 Å². The number of epoxide rings is 1. The van der Waals surface area contributed by atoms with Crippen LogP contribution in [0.4, 0.5) is 0 Å². The van der Waals surface area contributed by atoms with Gasteiger partial charge in [-0.2, -0.15) is 0 Å². The lowest BCUT2D eigenvalue weighted by molar-refractivity contribution is -0.0134. The van der Waals surface area contributed by atoms with Crippen LogP contribution in [-0.2, 0) is 22.4 Å². The highest BCUT2D eigenvalue weighted by Crippen LogP contribution is 2.22. The summed E-state index contributed by atoms with van der Waals surface area (Å²) in [4.78, 5) is 0. The summed E-state index contributed by atoms with van der Waals surface area (Å²) in [6.45, 7) is 4.04. The van der Waals surface area contributed by atoms with Crippen LogP contribution in [0.15, 0.2) is 48.5 Å². The molecule has 5 nitrogen and oxygen atoms in total. The third-order valence-corrected chi connectivity index (χ3v) is 4.83. The Morgan fingerprint density at radius 1 is 0.889 bits per heavy atom. The van der Waals surface area contributed by atoms with Gasteiger partial charge in [-0.05, 0) is 37.1 Å². The molecule has 2 aliphatic heterocycles. The molecule has 4 rings (SSSR count). The van der Waals surface area contributed by atoms with Gasteiger partial charge in [0.25, 0.3) is 0 Å². The van der Waals surface area contributed by atoms with Crippen molar-refractivity contribution in [2.75, 3.05) is 33.0 Å². The average molecular weight is 369 g/mol. The highest BCUT2D eigenvalue weighted by Gasteiger charge is 2.25. The van der Waals surface area contributed by atoms with Crippen molar-refractivity contribution in [1.82, 2.24) is 5.32 Å². The van der Waals surface area contributed by atoms with Crippen molar-refractivity contribution in [3.8, 4) is 11.5 Å². The topological polar surface area (TPSA) is 52.2 Å². The van der Waals surface area contributed by atoms with Gasteiger partial charge in [-0.25, -0.2) is 0 Å². The number of para-hydroxylation sites is 2. The van der Waals surface area contributed by atoms with Gasteiger partial charge in [-0.1, -0.05) is 36.4 Å². The fourth-order valence-electron chi connectivity index (χ4n) is 3.19. The minimum Gasteiger partial charge on any atom is -0.490 e. The van der Waals surface area contributed by atoms with Crippen molar-refractivity contribution in [3.63, 3.8) is 0 Å². The smallest absolute Gasteiger partial charge is 0.125 e. The molecule has 2 aromatic carbocycles. The molecule has 0 radical (unpaired) electrons. The van der Waals surface area contributed by atoms with E-state index in [1.807, 2.05) is 30.3 Å². The van der Waals surface area contributed by atoms with E-state index < -0.39 is 0 Å². The molecule has 2 aromatic rings. The summed E-state index contributed by atoms with van der Waals surface area (Å²) in [5, 5.41) is 3.52. The van der Waals surface area contributed by atoms with Gasteiger partial charge in [0.2, 0.25) is 0 Å². The molecule has 0 aliphatic carbocycles. The fourth-order valence-corrected chi connectivity index (χ4v) is 3.19. The van der Waals surface area contributed by atoms with Crippen LogP contribution in [0.1, 0.15) is 17.5 Å². The Kier molecular flexibility index (Phi) is 6.25. The third kappa shape index (κ3) is 5.45. The SMILES string of the molecule is c1ccc2c(c1)CCCNCc1ccccc1OCC(OCC1CO1)CO2. The number of benzene rings is 2. The van der Waals surface area contributed by atoms with Crippen molar-refractivity contribution < 1.29 is 18.9 Å².